The number of piperazine rings is 1. The lowest BCUT2D eigenvalue weighted by molar-refractivity contribution is 0.312. The lowest BCUT2D eigenvalue weighted by Gasteiger charge is -2.34. The van der Waals surface area contributed by atoms with E-state index in [1.807, 2.05) is 12.1 Å². The normalized spacial score (nSPS) is 15.4. The molecule has 9 heteroatoms. The number of likely N-dealkylation sites (N-methyl/N-ethyl adjacent to an activating group) is 1. The second-order valence-electron chi connectivity index (χ2n) is 6.61. The van der Waals surface area contributed by atoms with Crippen LogP contribution in [0.5, 0.6) is 0 Å². The molecule has 0 aliphatic carbocycles. The Labute approximate surface area is 164 Å². The van der Waals surface area contributed by atoms with Crippen LogP contribution >= 0.6 is 23.6 Å². The van der Waals surface area contributed by atoms with Gasteiger partial charge >= 0.3 is 0 Å². The summed E-state index contributed by atoms with van der Waals surface area (Å²) in [7, 11) is 3.71. The quantitative estimate of drug-likeness (QED) is 0.608. The van der Waals surface area contributed by atoms with Gasteiger partial charge in [0.1, 0.15) is 17.0 Å². The van der Waals surface area contributed by atoms with Crippen molar-refractivity contribution < 1.29 is 0 Å². The predicted octanol–water partition coefficient (Wildman–Crippen LogP) is 1.60. The van der Waals surface area contributed by atoms with Gasteiger partial charge in [-0.05, 0) is 31.4 Å². The standard InChI is InChI=1S/C18H19N5O2S2/c1-20-7-9-22(10-8-20)16-15(12-11-14(24)21(2)18(26)27-12)17(25)23-6-4-3-5-13(23)19-16/h3-6,11H,7-10H2,1-2H3. The molecular formula is C18H19N5O2S2. The van der Waals surface area contributed by atoms with E-state index in [1.165, 1.54) is 26.4 Å². The highest BCUT2D eigenvalue weighted by Gasteiger charge is 2.23. The first kappa shape index (κ1) is 18.0. The number of pyridine rings is 1. The Bertz CT molecular complexity index is 1160. The number of rotatable bonds is 2. The molecule has 0 unspecified atom stereocenters. The molecule has 0 radical (unpaired) electrons. The molecule has 27 heavy (non-hydrogen) atoms. The van der Waals surface area contributed by atoms with E-state index in [0.717, 1.165) is 26.2 Å². The van der Waals surface area contributed by atoms with Crippen molar-refractivity contribution in [1.82, 2.24) is 18.9 Å². The zero-order chi connectivity index (χ0) is 19.1. The van der Waals surface area contributed by atoms with E-state index in [1.54, 1.807) is 19.3 Å². The first-order valence-corrected chi connectivity index (χ1v) is 9.84. The average molecular weight is 402 g/mol. The van der Waals surface area contributed by atoms with Gasteiger partial charge in [0.25, 0.3) is 11.1 Å². The largest absolute Gasteiger partial charge is 0.353 e. The van der Waals surface area contributed by atoms with E-state index < -0.39 is 0 Å². The Morgan fingerprint density at radius 3 is 2.56 bits per heavy atom. The van der Waals surface area contributed by atoms with Crippen molar-refractivity contribution in [3.8, 4) is 10.4 Å². The molecule has 4 rings (SSSR count). The first-order chi connectivity index (χ1) is 13.0. The fourth-order valence-electron chi connectivity index (χ4n) is 3.15. The molecule has 0 saturated carbocycles. The summed E-state index contributed by atoms with van der Waals surface area (Å²) in [6.45, 7) is 3.33. The van der Waals surface area contributed by atoms with Crippen LogP contribution in [0.3, 0.4) is 0 Å². The SMILES string of the molecule is CN1CCN(c2nc3ccccn3c(=O)c2-c2cc(=O)n(C)c(=S)s2)CC1. The molecule has 4 heterocycles. The Hall–Kier alpha value is -2.36. The number of nitrogens with zero attached hydrogens (tertiary/aromatic N) is 5. The van der Waals surface area contributed by atoms with Gasteiger partial charge in [-0.2, -0.15) is 0 Å². The van der Waals surface area contributed by atoms with Gasteiger partial charge in [0.05, 0.1) is 4.88 Å². The summed E-state index contributed by atoms with van der Waals surface area (Å²) in [5, 5.41) is 0. The van der Waals surface area contributed by atoms with Gasteiger partial charge in [0.15, 0.2) is 3.95 Å². The highest BCUT2D eigenvalue weighted by Crippen LogP contribution is 2.29. The van der Waals surface area contributed by atoms with Crippen LogP contribution in [-0.2, 0) is 7.05 Å². The number of anilines is 1. The van der Waals surface area contributed by atoms with E-state index in [2.05, 4.69) is 16.8 Å². The number of aromatic nitrogens is 3. The minimum atomic E-state index is -0.226. The van der Waals surface area contributed by atoms with Crippen LogP contribution in [0, 0.1) is 3.95 Å². The second-order valence-corrected chi connectivity index (χ2v) is 8.28. The van der Waals surface area contributed by atoms with Crippen molar-refractivity contribution >= 4 is 35.0 Å². The topological polar surface area (TPSA) is 62.9 Å². The highest BCUT2D eigenvalue weighted by molar-refractivity contribution is 7.73. The molecule has 0 bridgehead atoms. The third kappa shape index (κ3) is 3.22. The molecule has 3 aromatic rings. The first-order valence-electron chi connectivity index (χ1n) is 8.62. The van der Waals surface area contributed by atoms with Crippen molar-refractivity contribution in [2.75, 3.05) is 38.1 Å². The average Bonchev–Trinajstić information content (AvgIpc) is 2.66. The number of hydrogen-bond donors (Lipinski definition) is 0. The highest BCUT2D eigenvalue weighted by atomic mass is 32.1. The van der Waals surface area contributed by atoms with Crippen molar-refractivity contribution in [1.29, 1.82) is 0 Å². The van der Waals surface area contributed by atoms with Gasteiger partial charge in [-0.3, -0.25) is 18.6 Å². The van der Waals surface area contributed by atoms with Crippen molar-refractivity contribution in [2.45, 2.75) is 0 Å². The van der Waals surface area contributed by atoms with Crippen LogP contribution < -0.4 is 16.0 Å². The smallest absolute Gasteiger partial charge is 0.268 e. The number of fused-ring (bicyclic) bond motifs is 1. The molecule has 0 atom stereocenters. The van der Waals surface area contributed by atoms with Crippen LogP contribution in [0.1, 0.15) is 0 Å². The molecule has 0 N–H and O–H groups in total. The van der Waals surface area contributed by atoms with Gasteiger partial charge < -0.3 is 9.80 Å². The summed E-state index contributed by atoms with van der Waals surface area (Å²) in [5.41, 5.74) is 0.619. The zero-order valence-electron chi connectivity index (χ0n) is 15.1. The van der Waals surface area contributed by atoms with Gasteiger partial charge in [-0.15, -0.1) is 11.3 Å². The Balaban J connectivity index is 2.01. The van der Waals surface area contributed by atoms with Crippen LogP contribution in [0.25, 0.3) is 16.1 Å². The van der Waals surface area contributed by atoms with E-state index >= 15 is 0 Å². The molecule has 7 nitrogen and oxygen atoms in total. The van der Waals surface area contributed by atoms with Gasteiger partial charge in [0, 0.05) is 45.5 Å². The summed E-state index contributed by atoms with van der Waals surface area (Å²) in [6, 6.07) is 6.95. The summed E-state index contributed by atoms with van der Waals surface area (Å²) < 4.78 is 3.35. The minimum Gasteiger partial charge on any atom is -0.353 e. The van der Waals surface area contributed by atoms with Crippen molar-refractivity contribution in [2.24, 2.45) is 7.05 Å². The summed E-state index contributed by atoms with van der Waals surface area (Å²) in [6.07, 6.45) is 1.70. The fraction of sp³-hybridized carbons (Fsp3) is 0.333. The Kier molecular flexibility index (Phi) is 4.67. The summed E-state index contributed by atoms with van der Waals surface area (Å²) in [4.78, 5) is 35.3. The maximum Gasteiger partial charge on any atom is 0.268 e. The summed E-state index contributed by atoms with van der Waals surface area (Å²) >= 11 is 6.57. The molecule has 140 valence electrons. The maximum absolute atomic E-state index is 13.3. The molecule has 0 aromatic carbocycles. The third-order valence-electron chi connectivity index (χ3n) is 4.82. The van der Waals surface area contributed by atoms with Crippen LogP contribution in [0.2, 0.25) is 0 Å². The third-order valence-corrected chi connectivity index (χ3v) is 6.33. The fourth-order valence-corrected chi connectivity index (χ4v) is 4.37. The predicted molar refractivity (Wildman–Crippen MR) is 111 cm³/mol. The molecule has 0 amide bonds. The maximum atomic E-state index is 13.3. The lowest BCUT2D eigenvalue weighted by Crippen LogP contribution is -2.45. The molecule has 3 aromatic heterocycles. The summed E-state index contributed by atoms with van der Waals surface area (Å²) in [5.74, 6) is 0.623. The van der Waals surface area contributed by atoms with Crippen LogP contribution in [0.4, 0.5) is 5.82 Å². The molecule has 1 aliphatic heterocycles. The Morgan fingerprint density at radius 1 is 1.11 bits per heavy atom. The monoisotopic (exact) mass is 401 g/mol. The number of hydrogen-bond acceptors (Lipinski definition) is 7. The van der Waals surface area contributed by atoms with Crippen molar-refractivity contribution in [3.63, 3.8) is 0 Å². The zero-order valence-corrected chi connectivity index (χ0v) is 16.7. The molecule has 1 aliphatic rings. The van der Waals surface area contributed by atoms with Gasteiger partial charge in [-0.1, -0.05) is 6.07 Å². The molecular weight excluding hydrogens is 382 g/mol. The van der Waals surface area contributed by atoms with E-state index in [9.17, 15) is 9.59 Å². The molecule has 0 spiro atoms. The van der Waals surface area contributed by atoms with Gasteiger partial charge in [0.2, 0.25) is 0 Å². The molecule has 1 fully saturated rings. The van der Waals surface area contributed by atoms with E-state index in [4.69, 9.17) is 17.2 Å². The Morgan fingerprint density at radius 2 is 1.85 bits per heavy atom. The lowest BCUT2D eigenvalue weighted by atomic mass is 10.2. The van der Waals surface area contributed by atoms with Crippen LogP contribution in [0.15, 0.2) is 40.1 Å². The minimum absolute atomic E-state index is 0.187. The van der Waals surface area contributed by atoms with Gasteiger partial charge in [-0.25, -0.2) is 4.98 Å². The van der Waals surface area contributed by atoms with Crippen molar-refractivity contribution in [3.05, 3.63) is 55.1 Å². The van der Waals surface area contributed by atoms with E-state index in [-0.39, 0.29) is 11.1 Å². The van der Waals surface area contributed by atoms with E-state index in [0.29, 0.717) is 25.9 Å². The van der Waals surface area contributed by atoms with Crippen LogP contribution in [-0.4, -0.2) is 52.1 Å². The second kappa shape index (κ2) is 6.99. The molecule has 1 saturated heterocycles.